The molecule has 6 nitrogen and oxygen atoms in total. The Hall–Kier alpha value is -2.06. The second-order valence-electron chi connectivity index (χ2n) is 6.42. The van der Waals surface area contributed by atoms with Crippen molar-refractivity contribution in [3.63, 3.8) is 0 Å². The zero-order valence-corrected chi connectivity index (χ0v) is 16.9. The Morgan fingerprint density at radius 3 is 2.63 bits per heavy atom. The first kappa shape index (κ1) is 19.7. The SMILES string of the molecule is COc1ccc(-c2nc(CSCC(=O)N3CCC(C(N)=O)CC3)cs2)cc1. The Bertz CT molecular complexity index is 784. The highest BCUT2D eigenvalue weighted by atomic mass is 32.2. The predicted octanol–water partition coefficient (Wildman–Crippen LogP) is 2.78. The maximum absolute atomic E-state index is 12.3. The second-order valence-corrected chi connectivity index (χ2v) is 8.27. The molecule has 144 valence electrons. The van der Waals surface area contributed by atoms with E-state index in [1.54, 1.807) is 30.2 Å². The van der Waals surface area contributed by atoms with Gasteiger partial charge in [0.15, 0.2) is 0 Å². The minimum absolute atomic E-state index is 0.0897. The fourth-order valence-corrected chi connectivity index (χ4v) is 4.73. The number of primary amides is 1. The van der Waals surface area contributed by atoms with Crippen LogP contribution < -0.4 is 10.5 Å². The molecule has 1 saturated heterocycles. The van der Waals surface area contributed by atoms with Gasteiger partial charge in [-0.15, -0.1) is 23.1 Å². The number of rotatable bonds is 7. The molecule has 1 aliphatic heterocycles. The van der Waals surface area contributed by atoms with Crippen LogP contribution in [0.25, 0.3) is 10.6 Å². The lowest BCUT2D eigenvalue weighted by atomic mass is 9.96. The Kier molecular flexibility index (Phi) is 6.73. The topological polar surface area (TPSA) is 85.5 Å². The molecule has 0 unspecified atom stereocenters. The largest absolute Gasteiger partial charge is 0.497 e. The van der Waals surface area contributed by atoms with E-state index in [1.807, 2.05) is 34.5 Å². The summed E-state index contributed by atoms with van der Waals surface area (Å²) in [4.78, 5) is 30.0. The highest BCUT2D eigenvalue weighted by molar-refractivity contribution is 7.99. The van der Waals surface area contributed by atoms with Crippen molar-refractivity contribution in [3.05, 3.63) is 35.3 Å². The van der Waals surface area contributed by atoms with Crippen molar-refractivity contribution < 1.29 is 14.3 Å². The fraction of sp³-hybridized carbons (Fsp3) is 0.421. The van der Waals surface area contributed by atoms with Crippen LogP contribution >= 0.6 is 23.1 Å². The zero-order chi connectivity index (χ0) is 19.2. The molecule has 27 heavy (non-hydrogen) atoms. The number of hydrogen-bond acceptors (Lipinski definition) is 6. The van der Waals surface area contributed by atoms with Crippen molar-refractivity contribution in [2.24, 2.45) is 11.7 Å². The summed E-state index contributed by atoms with van der Waals surface area (Å²) in [5, 5.41) is 3.00. The minimum Gasteiger partial charge on any atom is -0.497 e. The highest BCUT2D eigenvalue weighted by Gasteiger charge is 2.25. The Labute approximate surface area is 167 Å². The third-order valence-corrected chi connectivity index (χ3v) is 6.51. The van der Waals surface area contributed by atoms with Crippen molar-refractivity contribution in [1.29, 1.82) is 0 Å². The summed E-state index contributed by atoms with van der Waals surface area (Å²) in [5.74, 6) is 1.73. The number of carbonyl (C=O) groups is 2. The molecule has 0 atom stereocenters. The molecular weight excluding hydrogens is 382 g/mol. The first-order valence-corrected chi connectivity index (χ1v) is 10.8. The lowest BCUT2D eigenvalue weighted by Crippen LogP contribution is -2.42. The van der Waals surface area contributed by atoms with Crippen LogP contribution in [0.15, 0.2) is 29.6 Å². The third kappa shape index (κ3) is 5.23. The van der Waals surface area contributed by atoms with E-state index in [0.717, 1.165) is 22.0 Å². The van der Waals surface area contributed by atoms with Gasteiger partial charge in [0.2, 0.25) is 11.8 Å². The van der Waals surface area contributed by atoms with E-state index in [9.17, 15) is 9.59 Å². The van der Waals surface area contributed by atoms with E-state index < -0.39 is 0 Å². The number of nitrogens with two attached hydrogens (primary N) is 1. The lowest BCUT2D eigenvalue weighted by molar-refractivity contribution is -0.132. The first-order valence-electron chi connectivity index (χ1n) is 8.80. The molecule has 8 heteroatoms. The molecule has 0 radical (unpaired) electrons. The molecule has 0 aliphatic carbocycles. The molecule has 2 heterocycles. The summed E-state index contributed by atoms with van der Waals surface area (Å²) in [7, 11) is 1.65. The van der Waals surface area contributed by atoms with Crippen LogP contribution in [0.5, 0.6) is 5.75 Å². The van der Waals surface area contributed by atoms with E-state index in [0.29, 0.717) is 37.4 Å². The molecule has 3 rings (SSSR count). The monoisotopic (exact) mass is 405 g/mol. The number of nitrogens with zero attached hydrogens (tertiary/aromatic N) is 2. The number of aromatic nitrogens is 1. The van der Waals surface area contributed by atoms with Crippen LogP contribution in [0.3, 0.4) is 0 Å². The summed E-state index contributed by atoms with van der Waals surface area (Å²) >= 11 is 3.17. The van der Waals surface area contributed by atoms with Crippen molar-refractivity contribution in [3.8, 4) is 16.3 Å². The van der Waals surface area contributed by atoms with Gasteiger partial charge in [0.1, 0.15) is 10.8 Å². The number of thioether (sulfide) groups is 1. The van der Waals surface area contributed by atoms with E-state index >= 15 is 0 Å². The second kappa shape index (κ2) is 9.23. The van der Waals surface area contributed by atoms with Gasteiger partial charge in [0.05, 0.1) is 18.6 Å². The maximum atomic E-state index is 12.3. The Morgan fingerprint density at radius 2 is 2.00 bits per heavy atom. The van der Waals surface area contributed by atoms with E-state index in [2.05, 4.69) is 4.98 Å². The summed E-state index contributed by atoms with van der Waals surface area (Å²) in [6.45, 7) is 1.23. The van der Waals surface area contributed by atoms with Gasteiger partial charge < -0.3 is 15.4 Å². The quantitative estimate of drug-likeness (QED) is 0.766. The third-order valence-electron chi connectivity index (χ3n) is 4.61. The Balaban J connectivity index is 1.45. The van der Waals surface area contributed by atoms with Gasteiger partial charge in [0, 0.05) is 35.7 Å². The number of thiazole rings is 1. The molecule has 0 saturated carbocycles. The molecular formula is C19H23N3O3S2. The number of amides is 2. The van der Waals surface area contributed by atoms with Gasteiger partial charge in [0.25, 0.3) is 0 Å². The van der Waals surface area contributed by atoms with Crippen LogP contribution in [-0.4, -0.2) is 47.7 Å². The molecule has 2 amide bonds. The summed E-state index contributed by atoms with van der Waals surface area (Å²) in [5.41, 5.74) is 7.38. The van der Waals surface area contributed by atoms with Crippen molar-refractivity contribution in [1.82, 2.24) is 9.88 Å². The molecule has 1 aromatic carbocycles. The standard InChI is InChI=1S/C19H23N3O3S2/c1-25-16-4-2-14(3-5-16)19-21-15(11-27-19)10-26-12-17(23)22-8-6-13(7-9-22)18(20)24/h2-5,11,13H,6-10,12H2,1H3,(H2,20,24). The number of likely N-dealkylation sites (tertiary alicyclic amines) is 1. The van der Waals surface area contributed by atoms with E-state index in [-0.39, 0.29) is 17.7 Å². The van der Waals surface area contributed by atoms with Crippen LogP contribution in [0.4, 0.5) is 0 Å². The average molecular weight is 406 g/mol. The molecule has 2 N–H and O–H groups in total. The highest BCUT2D eigenvalue weighted by Crippen LogP contribution is 2.27. The normalized spacial score (nSPS) is 14.9. The summed E-state index contributed by atoms with van der Waals surface area (Å²) in [6, 6.07) is 7.83. The maximum Gasteiger partial charge on any atom is 0.232 e. The molecule has 0 spiro atoms. The van der Waals surface area contributed by atoms with Crippen molar-refractivity contribution >= 4 is 34.9 Å². The van der Waals surface area contributed by atoms with Gasteiger partial charge in [-0.25, -0.2) is 4.98 Å². The van der Waals surface area contributed by atoms with E-state index in [1.165, 1.54) is 0 Å². The van der Waals surface area contributed by atoms with E-state index in [4.69, 9.17) is 10.5 Å². The Morgan fingerprint density at radius 1 is 1.30 bits per heavy atom. The number of methoxy groups -OCH3 is 1. The van der Waals surface area contributed by atoms with Crippen LogP contribution in [-0.2, 0) is 15.3 Å². The summed E-state index contributed by atoms with van der Waals surface area (Å²) < 4.78 is 5.17. The van der Waals surface area contributed by atoms with Gasteiger partial charge >= 0.3 is 0 Å². The molecule has 2 aromatic rings. The minimum atomic E-state index is -0.257. The molecule has 0 bridgehead atoms. The molecule has 1 aromatic heterocycles. The fourth-order valence-electron chi connectivity index (χ4n) is 2.99. The van der Waals surface area contributed by atoms with Gasteiger partial charge in [-0.05, 0) is 37.1 Å². The first-order chi connectivity index (χ1) is 13.1. The van der Waals surface area contributed by atoms with Gasteiger partial charge in [-0.3, -0.25) is 9.59 Å². The molecule has 1 fully saturated rings. The zero-order valence-electron chi connectivity index (χ0n) is 15.2. The van der Waals surface area contributed by atoms with Crippen molar-refractivity contribution in [2.75, 3.05) is 26.0 Å². The van der Waals surface area contributed by atoms with Crippen LogP contribution in [0.1, 0.15) is 18.5 Å². The number of carbonyl (C=O) groups excluding carboxylic acids is 2. The smallest absolute Gasteiger partial charge is 0.232 e. The number of ether oxygens (including phenoxy) is 1. The molecule has 1 aliphatic rings. The van der Waals surface area contributed by atoms with Gasteiger partial charge in [-0.1, -0.05) is 0 Å². The number of hydrogen-bond donors (Lipinski definition) is 1. The van der Waals surface area contributed by atoms with Crippen LogP contribution in [0.2, 0.25) is 0 Å². The van der Waals surface area contributed by atoms with Crippen molar-refractivity contribution in [2.45, 2.75) is 18.6 Å². The van der Waals surface area contributed by atoms with Crippen LogP contribution in [0, 0.1) is 5.92 Å². The average Bonchev–Trinajstić information content (AvgIpc) is 3.17. The number of benzene rings is 1. The predicted molar refractivity (Wildman–Crippen MR) is 109 cm³/mol. The number of piperidine rings is 1. The lowest BCUT2D eigenvalue weighted by Gasteiger charge is -2.30. The van der Waals surface area contributed by atoms with Gasteiger partial charge in [-0.2, -0.15) is 0 Å². The summed E-state index contributed by atoms with van der Waals surface area (Å²) in [6.07, 6.45) is 1.34.